The van der Waals surface area contributed by atoms with Gasteiger partial charge in [0.2, 0.25) is 0 Å². The summed E-state index contributed by atoms with van der Waals surface area (Å²) in [5.41, 5.74) is 4.82. The Kier molecular flexibility index (Phi) is 4.79. The highest BCUT2D eigenvalue weighted by molar-refractivity contribution is 5.99. The summed E-state index contributed by atoms with van der Waals surface area (Å²) in [7, 11) is 0. The Labute approximate surface area is 96.2 Å². The Morgan fingerprint density at radius 3 is 2.81 bits per heavy atom. The quantitative estimate of drug-likeness (QED) is 0.403. The predicted octanol–water partition coefficient (Wildman–Crippen LogP) is 1.81. The zero-order valence-corrected chi connectivity index (χ0v) is 9.84. The predicted molar refractivity (Wildman–Crippen MR) is 66.2 cm³/mol. The van der Waals surface area contributed by atoms with E-state index in [2.05, 4.69) is 17.7 Å². The molecule has 1 rings (SSSR count). The van der Waals surface area contributed by atoms with Crippen molar-refractivity contribution in [2.75, 3.05) is 12.0 Å². The molecule has 16 heavy (non-hydrogen) atoms. The molecule has 0 radical (unpaired) electrons. The maximum atomic E-state index is 11.8. The molecule has 0 aliphatic carbocycles. The van der Waals surface area contributed by atoms with Gasteiger partial charge in [0, 0.05) is 6.54 Å². The maximum Gasteiger partial charge on any atom is 0.253 e. The lowest BCUT2D eigenvalue weighted by molar-refractivity contribution is 0.0954. The third-order valence-corrected chi connectivity index (χ3v) is 2.39. The van der Waals surface area contributed by atoms with Crippen LogP contribution in [-0.2, 0) is 0 Å². The Hall–Kier alpha value is -1.55. The summed E-state index contributed by atoms with van der Waals surface area (Å²) in [4.78, 5) is 11.8. The number of rotatable bonds is 5. The van der Waals surface area contributed by atoms with Crippen LogP contribution in [0.3, 0.4) is 0 Å². The average molecular weight is 221 g/mol. The summed E-state index contributed by atoms with van der Waals surface area (Å²) >= 11 is 0. The highest BCUT2D eigenvalue weighted by Crippen LogP contribution is 2.15. The molecule has 1 aromatic rings. The van der Waals surface area contributed by atoms with E-state index in [9.17, 15) is 4.79 Å². The first-order valence-corrected chi connectivity index (χ1v) is 5.54. The Morgan fingerprint density at radius 1 is 1.44 bits per heavy atom. The van der Waals surface area contributed by atoms with E-state index in [0.717, 1.165) is 18.4 Å². The Balaban J connectivity index is 2.76. The fraction of sp³-hybridized carbons (Fsp3) is 0.417. The molecule has 0 saturated carbocycles. The number of anilines is 1. The standard InChI is InChI=1S/C12H19N3O/c1-3-4-7-14-12(16)10-8-9(2)5-6-11(10)15-13/h5-6,8,15H,3-4,7,13H2,1-2H3,(H,14,16). The minimum atomic E-state index is -0.0786. The Morgan fingerprint density at radius 2 is 2.19 bits per heavy atom. The van der Waals surface area contributed by atoms with E-state index in [0.29, 0.717) is 17.8 Å². The van der Waals surface area contributed by atoms with Gasteiger partial charge in [0.15, 0.2) is 0 Å². The van der Waals surface area contributed by atoms with Gasteiger partial charge in [0.1, 0.15) is 0 Å². The molecule has 0 bridgehead atoms. The summed E-state index contributed by atoms with van der Waals surface area (Å²) < 4.78 is 0. The number of hydrazine groups is 1. The van der Waals surface area contributed by atoms with E-state index < -0.39 is 0 Å². The number of hydrogen-bond acceptors (Lipinski definition) is 3. The van der Waals surface area contributed by atoms with Crippen molar-refractivity contribution in [3.8, 4) is 0 Å². The molecule has 0 aliphatic rings. The summed E-state index contributed by atoms with van der Waals surface area (Å²) in [5, 5.41) is 2.87. The van der Waals surface area contributed by atoms with E-state index in [-0.39, 0.29) is 5.91 Å². The SMILES string of the molecule is CCCCNC(=O)c1cc(C)ccc1NN. The third-order valence-electron chi connectivity index (χ3n) is 2.39. The lowest BCUT2D eigenvalue weighted by atomic mass is 10.1. The molecule has 0 atom stereocenters. The molecule has 4 N–H and O–H groups in total. The monoisotopic (exact) mass is 221 g/mol. The molecule has 1 amide bonds. The number of carbonyl (C=O) groups is 1. The third kappa shape index (κ3) is 3.24. The number of amides is 1. The van der Waals surface area contributed by atoms with Crippen LogP contribution < -0.4 is 16.6 Å². The second-order valence-corrected chi connectivity index (χ2v) is 3.80. The fourth-order valence-corrected chi connectivity index (χ4v) is 1.45. The molecule has 0 saturated heterocycles. The van der Waals surface area contributed by atoms with Crippen LogP contribution in [0, 0.1) is 6.92 Å². The fourth-order valence-electron chi connectivity index (χ4n) is 1.45. The maximum absolute atomic E-state index is 11.8. The van der Waals surface area contributed by atoms with E-state index in [1.54, 1.807) is 0 Å². The summed E-state index contributed by atoms with van der Waals surface area (Å²) in [6.45, 7) is 4.74. The molecule has 4 heteroatoms. The van der Waals surface area contributed by atoms with Gasteiger partial charge < -0.3 is 10.7 Å². The number of aryl methyl sites for hydroxylation is 1. The van der Waals surface area contributed by atoms with E-state index in [4.69, 9.17) is 5.84 Å². The lowest BCUT2D eigenvalue weighted by Crippen LogP contribution is -2.26. The first-order valence-electron chi connectivity index (χ1n) is 5.54. The number of unbranched alkanes of at least 4 members (excludes halogenated alkanes) is 1. The van der Waals surface area contributed by atoms with Crippen molar-refractivity contribution in [2.24, 2.45) is 5.84 Å². The number of nitrogens with two attached hydrogens (primary N) is 1. The van der Waals surface area contributed by atoms with Gasteiger partial charge in [-0.2, -0.15) is 0 Å². The van der Waals surface area contributed by atoms with Crippen LogP contribution in [0.25, 0.3) is 0 Å². The summed E-state index contributed by atoms with van der Waals surface area (Å²) in [5.74, 6) is 5.28. The Bertz CT molecular complexity index is 363. The molecule has 88 valence electrons. The number of carbonyl (C=O) groups excluding carboxylic acids is 1. The number of nitrogen functional groups attached to an aromatic ring is 1. The molecule has 1 aromatic carbocycles. The summed E-state index contributed by atoms with van der Waals surface area (Å²) in [6, 6.07) is 5.55. The highest BCUT2D eigenvalue weighted by atomic mass is 16.1. The normalized spacial score (nSPS) is 9.94. The molecular formula is C12H19N3O. The zero-order chi connectivity index (χ0) is 12.0. The highest BCUT2D eigenvalue weighted by Gasteiger charge is 2.10. The molecule has 4 nitrogen and oxygen atoms in total. The first kappa shape index (κ1) is 12.5. The van der Waals surface area contributed by atoms with Gasteiger partial charge in [-0.05, 0) is 25.5 Å². The van der Waals surface area contributed by atoms with Crippen molar-refractivity contribution in [1.82, 2.24) is 5.32 Å². The van der Waals surface area contributed by atoms with E-state index in [1.165, 1.54) is 0 Å². The van der Waals surface area contributed by atoms with Gasteiger partial charge in [-0.3, -0.25) is 10.6 Å². The topological polar surface area (TPSA) is 67.2 Å². The smallest absolute Gasteiger partial charge is 0.253 e. The van der Waals surface area contributed by atoms with E-state index in [1.807, 2.05) is 25.1 Å². The van der Waals surface area contributed by atoms with Crippen LogP contribution in [-0.4, -0.2) is 12.5 Å². The van der Waals surface area contributed by atoms with Gasteiger partial charge in [-0.25, -0.2) is 0 Å². The summed E-state index contributed by atoms with van der Waals surface area (Å²) in [6.07, 6.45) is 2.05. The number of nitrogens with one attached hydrogen (secondary N) is 2. The van der Waals surface area contributed by atoms with Crippen LogP contribution in [0.15, 0.2) is 18.2 Å². The van der Waals surface area contributed by atoms with Crippen molar-refractivity contribution < 1.29 is 4.79 Å². The second kappa shape index (κ2) is 6.12. The van der Waals surface area contributed by atoms with Gasteiger partial charge in [0.05, 0.1) is 11.3 Å². The van der Waals surface area contributed by atoms with Gasteiger partial charge in [0.25, 0.3) is 5.91 Å². The molecule has 0 aromatic heterocycles. The van der Waals surface area contributed by atoms with Crippen molar-refractivity contribution in [2.45, 2.75) is 26.7 Å². The van der Waals surface area contributed by atoms with E-state index >= 15 is 0 Å². The molecule has 0 heterocycles. The van der Waals surface area contributed by atoms with Crippen molar-refractivity contribution in [3.63, 3.8) is 0 Å². The van der Waals surface area contributed by atoms with Crippen molar-refractivity contribution >= 4 is 11.6 Å². The minimum absolute atomic E-state index is 0.0786. The van der Waals surface area contributed by atoms with Crippen LogP contribution in [0.1, 0.15) is 35.7 Å². The largest absolute Gasteiger partial charge is 0.352 e. The zero-order valence-electron chi connectivity index (χ0n) is 9.84. The van der Waals surface area contributed by atoms with Crippen molar-refractivity contribution in [3.05, 3.63) is 29.3 Å². The van der Waals surface area contributed by atoms with Crippen LogP contribution in [0.5, 0.6) is 0 Å². The first-order chi connectivity index (χ1) is 7.69. The molecule has 0 spiro atoms. The molecular weight excluding hydrogens is 202 g/mol. The van der Waals surface area contributed by atoms with Gasteiger partial charge in [-0.15, -0.1) is 0 Å². The molecule has 0 aliphatic heterocycles. The van der Waals surface area contributed by atoms with Crippen LogP contribution >= 0.6 is 0 Å². The molecule has 0 fully saturated rings. The number of hydrogen-bond donors (Lipinski definition) is 3. The lowest BCUT2D eigenvalue weighted by Gasteiger charge is -2.10. The van der Waals surface area contributed by atoms with Gasteiger partial charge >= 0.3 is 0 Å². The van der Waals surface area contributed by atoms with Crippen molar-refractivity contribution in [1.29, 1.82) is 0 Å². The van der Waals surface area contributed by atoms with Crippen LogP contribution in [0.4, 0.5) is 5.69 Å². The average Bonchev–Trinajstić information content (AvgIpc) is 2.29. The molecule has 0 unspecified atom stereocenters. The minimum Gasteiger partial charge on any atom is -0.352 e. The second-order valence-electron chi connectivity index (χ2n) is 3.80. The number of benzene rings is 1. The van der Waals surface area contributed by atoms with Gasteiger partial charge in [-0.1, -0.05) is 25.0 Å². The van der Waals surface area contributed by atoms with Crippen LogP contribution in [0.2, 0.25) is 0 Å².